The van der Waals surface area contributed by atoms with Gasteiger partial charge < -0.3 is 0 Å². The van der Waals surface area contributed by atoms with Crippen LogP contribution < -0.4 is 0 Å². The predicted octanol–water partition coefficient (Wildman–Crippen LogP) is 9.26. The molecule has 0 heterocycles. The number of hydrogen-bond donors (Lipinski definition) is 0. The SMILES string of the molecule is C[C@H]1CC[C@]2(C)C3CC[C@]4(C)[C@@H](C(C)(C)[C@H](C)CCC(C)(C)C)CC[C@@]4(C)C3=CC(=O)[C@@H]2C1. The van der Waals surface area contributed by atoms with Crippen molar-refractivity contribution >= 4 is 5.78 Å². The Morgan fingerprint density at radius 3 is 2.27 bits per heavy atom. The molecule has 1 heteroatoms. The fourth-order valence-electron chi connectivity index (χ4n) is 9.47. The molecule has 0 spiro atoms. The molecule has 0 aromatic rings. The summed E-state index contributed by atoms with van der Waals surface area (Å²) < 4.78 is 0. The monoisotopic (exact) mass is 454 g/mol. The highest BCUT2D eigenvalue weighted by Crippen LogP contribution is 2.73. The van der Waals surface area contributed by atoms with Gasteiger partial charge in [0.2, 0.25) is 0 Å². The Morgan fingerprint density at radius 1 is 0.970 bits per heavy atom. The maximum atomic E-state index is 13.6. The quantitative estimate of drug-likeness (QED) is 0.413. The van der Waals surface area contributed by atoms with Crippen LogP contribution in [-0.4, -0.2) is 5.78 Å². The van der Waals surface area contributed by atoms with Gasteiger partial charge >= 0.3 is 0 Å². The summed E-state index contributed by atoms with van der Waals surface area (Å²) in [5, 5.41) is 0. The molecule has 188 valence electrons. The summed E-state index contributed by atoms with van der Waals surface area (Å²) in [6.07, 6.45) is 13.8. The molecule has 4 rings (SSSR count). The molecule has 4 aliphatic rings. The van der Waals surface area contributed by atoms with Crippen molar-refractivity contribution in [2.45, 2.75) is 127 Å². The minimum atomic E-state index is 0.189. The molecule has 0 radical (unpaired) electrons. The van der Waals surface area contributed by atoms with Gasteiger partial charge in [0.1, 0.15) is 0 Å². The molecular weight excluding hydrogens is 400 g/mol. The standard InChI is InChI=1S/C32H54O/c1-21-11-16-30(8)23-13-17-32(10)27(29(6,7)22(2)12-15-28(3,4)5)14-18-31(32,9)24(23)20-26(33)25(30)19-21/h20-23,25,27H,11-19H2,1-10H3/t21-,22+,23?,25-,27+,30+,31-,32+/m0/s1. The van der Waals surface area contributed by atoms with E-state index in [0.717, 1.165) is 18.3 Å². The summed E-state index contributed by atoms with van der Waals surface area (Å²) in [6.45, 7) is 24.9. The topological polar surface area (TPSA) is 17.1 Å². The Kier molecular flexibility index (Phi) is 6.15. The third-order valence-electron chi connectivity index (χ3n) is 12.5. The van der Waals surface area contributed by atoms with E-state index in [-0.39, 0.29) is 16.7 Å². The van der Waals surface area contributed by atoms with E-state index in [4.69, 9.17) is 0 Å². The molecule has 8 atom stereocenters. The Bertz CT molecular complexity index is 811. The van der Waals surface area contributed by atoms with Crippen molar-refractivity contribution in [1.29, 1.82) is 0 Å². The molecule has 0 aromatic heterocycles. The van der Waals surface area contributed by atoms with Gasteiger partial charge in [0.05, 0.1) is 0 Å². The normalized spacial score (nSPS) is 44.5. The van der Waals surface area contributed by atoms with Crippen LogP contribution in [0.3, 0.4) is 0 Å². The second-order valence-electron chi connectivity index (χ2n) is 15.7. The fourth-order valence-corrected chi connectivity index (χ4v) is 9.47. The van der Waals surface area contributed by atoms with Crippen LogP contribution in [0.5, 0.6) is 0 Å². The van der Waals surface area contributed by atoms with Gasteiger partial charge in [0.25, 0.3) is 0 Å². The predicted molar refractivity (Wildman–Crippen MR) is 141 cm³/mol. The summed E-state index contributed by atoms with van der Waals surface area (Å²) in [6, 6.07) is 0. The van der Waals surface area contributed by atoms with Gasteiger partial charge in [-0.25, -0.2) is 0 Å². The average Bonchev–Trinajstić information content (AvgIpc) is 2.99. The molecule has 0 saturated heterocycles. The Labute approximate surface area is 206 Å². The largest absolute Gasteiger partial charge is 0.295 e. The zero-order valence-electron chi connectivity index (χ0n) is 23.7. The van der Waals surface area contributed by atoms with E-state index < -0.39 is 0 Å². The zero-order valence-corrected chi connectivity index (χ0v) is 23.7. The second kappa shape index (κ2) is 7.96. The number of hydrogen-bond acceptors (Lipinski definition) is 1. The first-order valence-electron chi connectivity index (χ1n) is 14.3. The number of allylic oxidation sites excluding steroid dienone is 2. The maximum Gasteiger partial charge on any atom is 0.159 e. The van der Waals surface area contributed by atoms with Crippen LogP contribution in [0.2, 0.25) is 0 Å². The fraction of sp³-hybridized carbons (Fsp3) is 0.906. The van der Waals surface area contributed by atoms with Crippen molar-refractivity contribution in [3.05, 3.63) is 11.6 Å². The van der Waals surface area contributed by atoms with Crippen LogP contribution >= 0.6 is 0 Å². The summed E-state index contributed by atoms with van der Waals surface area (Å²) in [7, 11) is 0. The number of ketones is 1. The van der Waals surface area contributed by atoms with Crippen LogP contribution in [0.1, 0.15) is 127 Å². The zero-order chi connectivity index (χ0) is 24.6. The van der Waals surface area contributed by atoms with E-state index in [0.29, 0.717) is 33.9 Å². The Hall–Kier alpha value is -0.590. The molecule has 0 aliphatic heterocycles. The van der Waals surface area contributed by atoms with Gasteiger partial charge in [0, 0.05) is 5.92 Å². The van der Waals surface area contributed by atoms with Crippen molar-refractivity contribution in [2.24, 2.45) is 56.7 Å². The minimum Gasteiger partial charge on any atom is -0.295 e. The van der Waals surface area contributed by atoms with E-state index in [1.165, 1.54) is 51.4 Å². The summed E-state index contributed by atoms with van der Waals surface area (Å²) in [5.41, 5.74) is 3.01. The van der Waals surface area contributed by atoms with Crippen molar-refractivity contribution in [2.75, 3.05) is 0 Å². The van der Waals surface area contributed by atoms with E-state index in [1.54, 1.807) is 5.57 Å². The molecule has 3 saturated carbocycles. The van der Waals surface area contributed by atoms with Gasteiger partial charge in [-0.05, 0) is 108 Å². The summed E-state index contributed by atoms with van der Waals surface area (Å²) in [4.78, 5) is 13.6. The van der Waals surface area contributed by atoms with E-state index in [9.17, 15) is 4.79 Å². The molecule has 3 fully saturated rings. The molecule has 4 aliphatic carbocycles. The summed E-state index contributed by atoms with van der Waals surface area (Å²) >= 11 is 0. The van der Waals surface area contributed by atoms with Crippen LogP contribution in [0.15, 0.2) is 11.6 Å². The van der Waals surface area contributed by atoms with E-state index in [2.05, 4.69) is 75.3 Å². The lowest BCUT2D eigenvalue weighted by Crippen LogP contribution is -2.56. The molecule has 0 amide bonds. The molecule has 1 nitrogen and oxygen atoms in total. The van der Waals surface area contributed by atoms with Crippen LogP contribution in [0.25, 0.3) is 0 Å². The molecule has 0 N–H and O–H groups in total. The first-order valence-corrected chi connectivity index (χ1v) is 14.3. The third-order valence-corrected chi connectivity index (χ3v) is 12.5. The lowest BCUT2D eigenvalue weighted by molar-refractivity contribution is -0.132. The minimum absolute atomic E-state index is 0.189. The van der Waals surface area contributed by atoms with Crippen molar-refractivity contribution < 1.29 is 4.79 Å². The third kappa shape index (κ3) is 3.81. The highest BCUT2D eigenvalue weighted by Gasteiger charge is 2.66. The lowest BCUT2D eigenvalue weighted by Gasteiger charge is -2.62. The number of fused-ring (bicyclic) bond motifs is 5. The van der Waals surface area contributed by atoms with Crippen LogP contribution in [-0.2, 0) is 4.79 Å². The van der Waals surface area contributed by atoms with Crippen molar-refractivity contribution in [3.8, 4) is 0 Å². The van der Waals surface area contributed by atoms with Crippen molar-refractivity contribution in [3.63, 3.8) is 0 Å². The second-order valence-corrected chi connectivity index (χ2v) is 15.7. The van der Waals surface area contributed by atoms with Crippen LogP contribution in [0.4, 0.5) is 0 Å². The maximum absolute atomic E-state index is 13.6. The lowest BCUT2D eigenvalue weighted by atomic mass is 9.42. The van der Waals surface area contributed by atoms with Crippen LogP contribution in [0, 0.1) is 56.7 Å². The Balaban J connectivity index is 1.65. The smallest absolute Gasteiger partial charge is 0.159 e. The van der Waals surface area contributed by atoms with Gasteiger partial charge in [-0.2, -0.15) is 0 Å². The number of carbonyl (C=O) groups excluding carboxylic acids is 1. The van der Waals surface area contributed by atoms with Gasteiger partial charge in [0.15, 0.2) is 5.78 Å². The highest BCUT2D eigenvalue weighted by molar-refractivity contribution is 5.94. The molecule has 0 bridgehead atoms. The average molecular weight is 455 g/mol. The van der Waals surface area contributed by atoms with Gasteiger partial charge in [-0.15, -0.1) is 0 Å². The van der Waals surface area contributed by atoms with Gasteiger partial charge in [-0.1, -0.05) is 81.2 Å². The summed E-state index contributed by atoms with van der Waals surface area (Å²) in [5.74, 6) is 3.54. The first kappa shape index (κ1) is 25.5. The molecular formula is C32H54O. The van der Waals surface area contributed by atoms with E-state index in [1.807, 2.05) is 0 Å². The van der Waals surface area contributed by atoms with Crippen molar-refractivity contribution in [1.82, 2.24) is 0 Å². The highest BCUT2D eigenvalue weighted by atomic mass is 16.1. The van der Waals surface area contributed by atoms with Gasteiger partial charge in [-0.3, -0.25) is 4.79 Å². The molecule has 33 heavy (non-hydrogen) atoms. The molecule has 0 aromatic carbocycles. The first-order chi connectivity index (χ1) is 15.1. The Morgan fingerprint density at radius 2 is 1.64 bits per heavy atom. The molecule has 1 unspecified atom stereocenters. The van der Waals surface area contributed by atoms with E-state index >= 15 is 0 Å². The number of rotatable bonds is 4. The number of carbonyl (C=O) groups is 1.